The van der Waals surface area contributed by atoms with Gasteiger partial charge in [-0.3, -0.25) is 9.67 Å². The van der Waals surface area contributed by atoms with Crippen LogP contribution in [-0.4, -0.2) is 40.4 Å². The van der Waals surface area contributed by atoms with Crippen molar-refractivity contribution in [1.29, 1.82) is 0 Å². The number of guanidine groups is 1. The molecule has 0 aliphatic heterocycles. The predicted octanol–water partition coefficient (Wildman–Crippen LogP) is 3.42. The Morgan fingerprint density at radius 3 is 2.81 bits per heavy atom. The van der Waals surface area contributed by atoms with Crippen LogP contribution in [-0.2, 0) is 19.3 Å². The monoisotopic (exact) mass is 502 g/mol. The van der Waals surface area contributed by atoms with Gasteiger partial charge < -0.3 is 10.6 Å². The summed E-state index contributed by atoms with van der Waals surface area (Å²) < 4.78 is 2.08. The van der Waals surface area contributed by atoms with Gasteiger partial charge in [0.2, 0.25) is 0 Å². The lowest BCUT2D eigenvalue weighted by atomic mass is 9.94. The largest absolute Gasteiger partial charge is 0.356 e. The minimum Gasteiger partial charge on any atom is -0.356 e. The molecule has 0 bridgehead atoms. The molecule has 6 nitrogen and oxygen atoms in total. The number of fused-ring (bicyclic) bond motifs is 1. The van der Waals surface area contributed by atoms with Crippen molar-refractivity contribution in [2.45, 2.75) is 65.5 Å². The Labute approximate surface area is 183 Å². The number of nitrogens with zero attached hydrogens (tertiary/aromatic N) is 4. The van der Waals surface area contributed by atoms with Gasteiger partial charge in [-0.05, 0) is 46.1 Å². The first-order chi connectivity index (χ1) is 12.5. The summed E-state index contributed by atoms with van der Waals surface area (Å²) in [5, 5.41) is 12.9. The van der Waals surface area contributed by atoms with Crippen LogP contribution in [0.25, 0.3) is 0 Å². The fraction of sp³-hybridized carbons (Fsp3) is 0.632. The minimum absolute atomic E-state index is 0. The number of halogens is 1. The molecule has 1 aliphatic carbocycles. The lowest BCUT2D eigenvalue weighted by molar-refractivity contribution is 0.499. The van der Waals surface area contributed by atoms with Gasteiger partial charge >= 0.3 is 0 Å². The molecule has 1 aliphatic rings. The highest BCUT2D eigenvalue weighted by atomic mass is 127. The molecule has 0 saturated carbocycles. The summed E-state index contributed by atoms with van der Waals surface area (Å²) in [6.45, 7) is 9.36. The average Bonchev–Trinajstić information content (AvgIpc) is 3.16. The molecule has 8 heteroatoms. The van der Waals surface area contributed by atoms with Crippen LogP contribution >= 0.6 is 35.3 Å². The Bertz CT molecular complexity index is 779. The summed E-state index contributed by atoms with van der Waals surface area (Å²) in [5.41, 5.74) is 3.78. The van der Waals surface area contributed by atoms with E-state index in [-0.39, 0.29) is 24.0 Å². The van der Waals surface area contributed by atoms with E-state index in [1.807, 2.05) is 7.05 Å². The van der Waals surface area contributed by atoms with Gasteiger partial charge in [0.05, 0.1) is 16.4 Å². The maximum atomic E-state index is 4.76. The highest BCUT2D eigenvalue weighted by molar-refractivity contribution is 14.0. The molecule has 2 aromatic heterocycles. The van der Waals surface area contributed by atoms with E-state index >= 15 is 0 Å². The standard InChI is InChI=1S/C19H30N6S.HI/c1-12(2)25-11-15-6-7-16(10-17(15)24-25)23-19(20-5)21-9-8-18-13(3)22-14(4)26-18;/h11-12,16H,6-10H2,1-5H3,(H2,20,21,23);1H. The third kappa shape index (κ3) is 5.66. The first-order valence-electron chi connectivity index (χ1n) is 9.43. The summed E-state index contributed by atoms with van der Waals surface area (Å²) in [4.78, 5) is 10.2. The molecular formula is C19H31IN6S. The molecule has 0 radical (unpaired) electrons. The smallest absolute Gasteiger partial charge is 0.191 e. The molecule has 1 unspecified atom stereocenters. The van der Waals surface area contributed by atoms with Crippen LogP contribution < -0.4 is 10.6 Å². The third-order valence-electron chi connectivity index (χ3n) is 4.83. The van der Waals surface area contributed by atoms with Crippen LogP contribution in [0.1, 0.15) is 53.1 Å². The maximum absolute atomic E-state index is 4.76. The van der Waals surface area contributed by atoms with Crippen LogP contribution in [0.3, 0.4) is 0 Å². The zero-order valence-electron chi connectivity index (χ0n) is 16.9. The summed E-state index contributed by atoms with van der Waals surface area (Å²) in [7, 11) is 1.83. The number of hydrogen-bond donors (Lipinski definition) is 2. The van der Waals surface area contributed by atoms with Gasteiger partial charge in [0.25, 0.3) is 0 Å². The van der Waals surface area contributed by atoms with Crippen molar-refractivity contribution in [2.24, 2.45) is 4.99 Å². The summed E-state index contributed by atoms with van der Waals surface area (Å²) in [6.07, 6.45) is 6.35. The number of rotatable bonds is 5. The van der Waals surface area contributed by atoms with Gasteiger partial charge in [-0.15, -0.1) is 35.3 Å². The van der Waals surface area contributed by atoms with Crippen LogP contribution in [0.5, 0.6) is 0 Å². The number of aromatic nitrogens is 3. The van der Waals surface area contributed by atoms with Crippen molar-refractivity contribution >= 4 is 41.3 Å². The lowest BCUT2D eigenvalue weighted by Crippen LogP contribution is -2.46. The van der Waals surface area contributed by atoms with Crippen molar-refractivity contribution in [3.05, 3.63) is 33.0 Å². The van der Waals surface area contributed by atoms with E-state index in [2.05, 4.69) is 59.2 Å². The number of hydrogen-bond acceptors (Lipinski definition) is 4. The van der Waals surface area contributed by atoms with Gasteiger partial charge in [-0.2, -0.15) is 5.10 Å². The van der Waals surface area contributed by atoms with Crippen molar-refractivity contribution in [2.75, 3.05) is 13.6 Å². The summed E-state index contributed by atoms with van der Waals surface area (Å²) in [5.74, 6) is 0.876. The molecule has 2 heterocycles. The van der Waals surface area contributed by atoms with E-state index in [0.717, 1.165) is 48.9 Å². The van der Waals surface area contributed by atoms with Crippen molar-refractivity contribution in [3.63, 3.8) is 0 Å². The van der Waals surface area contributed by atoms with Gasteiger partial charge in [-0.1, -0.05) is 0 Å². The van der Waals surface area contributed by atoms with E-state index in [9.17, 15) is 0 Å². The molecule has 2 aromatic rings. The van der Waals surface area contributed by atoms with Crippen LogP contribution in [0, 0.1) is 13.8 Å². The van der Waals surface area contributed by atoms with Crippen LogP contribution in [0.2, 0.25) is 0 Å². The van der Waals surface area contributed by atoms with Gasteiger partial charge in [0, 0.05) is 49.6 Å². The Balaban J connectivity index is 0.00000261. The highest BCUT2D eigenvalue weighted by Gasteiger charge is 2.23. The fourth-order valence-corrected chi connectivity index (χ4v) is 4.32. The lowest BCUT2D eigenvalue weighted by Gasteiger charge is -2.24. The molecule has 0 aromatic carbocycles. The first kappa shape index (κ1) is 22.1. The Morgan fingerprint density at radius 2 is 2.19 bits per heavy atom. The van der Waals surface area contributed by atoms with E-state index in [0.29, 0.717) is 12.1 Å². The molecule has 150 valence electrons. The zero-order chi connectivity index (χ0) is 18.7. The van der Waals surface area contributed by atoms with Crippen molar-refractivity contribution in [1.82, 2.24) is 25.4 Å². The molecule has 3 rings (SSSR count). The number of thiazole rings is 1. The van der Waals surface area contributed by atoms with E-state index in [1.54, 1.807) is 11.3 Å². The molecule has 27 heavy (non-hydrogen) atoms. The fourth-order valence-electron chi connectivity index (χ4n) is 3.39. The topological polar surface area (TPSA) is 67.1 Å². The summed E-state index contributed by atoms with van der Waals surface area (Å²) in [6, 6.07) is 0.803. The number of aliphatic imine (C=N–C) groups is 1. The molecular weight excluding hydrogens is 471 g/mol. The molecule has 0 spiro atoms. The molecule has 0 amide bonds. The number of aryl methyl sites for hydroxylation is 3. The van der Waals surface area contributed by atoms with Gasteiger partial charge in [-0.25, -0.2) is 4.98 Å². The van der Waals surface area contributed by atoms with E-state index in [4.69, 9.17) is 5.10 Å². The SMILES string of the molecule is CN=C(NCCc1sc(C)nc1C)NC1CCc2cn(C(C)C)nc2C1.I. The second kappa shape index (κ2) is 9.86. The Kier molecular flexibility index (Phi) is 8.08. The first-order valence-corrected chi connectivity index (χ1v) is 10.2. The van der Waals surface area contributed by atoms with Crippen molar-refractivity contribution in [3.8, 4) is 0 Å². The molecule has 0 fully saturated rings. The summed E-state index contributed by atoms with van der Waals surface area (Å²) >= 11 is 1.78. The normalized spacial score (nSPS) is 16.8. The zero-order valence-corrected chi connectivity index (χ0v) is 20.0. The quantitative estimate of drug-likeness (QED) is 0.374. The van der Waals surface area contributed by atoms with Gasteiger partial charge in [0.15, 0.2) is 5.96 Å². The van der Waals surface area contributed by atoms with Crippen molar-refractivity contribution < 1.29 is 0 Å². The molecule has 0 saturated heterocycles. The second-order valence-electron chi connectivity index (χ2n) is 7.25. The van der Waals surface area contributed by atoms with E-state index < -0.39 is 0 Å². The van der Waals surface area contributed by atoms with Crippen LogP contribution in [0.15, 0.2) is 11.2 Å². The highest BCUT2D eigenvalue weighted by Crippen LogP contribution is 2.22. The molecule has 2 N–H and O–H groups in total. The minimum atomic E-state index is 0. The second-order valence-corrected chi connectivity index (χ2v) is 8.54. The van der Waals surface area contributed by atoms with E-state index in [1.165, 1.54) is 16.1 Å². The average molecular weight is 502 g/mol. The Morgan fingerprint density at radius 1 is 1.41 bits per heavy atom. The third-order valence-corrected chi connectivity index (χ3v) is 5.97. The molecule has 1 atom stereocenters. The van der Waals surface area contributed by atoms with Crippen LogP contribution in [0.4, 0.5) is 0 Å². The Hall–Kier alpha value is -1.16. The predicted molar refractivity (Wildman–Crippen MR) is 124 cm³/mol. The van der Waals surface area contributed by atoms with Gasteiger partial charge in [0.1, 0.15) is 0 Å². The number of nitrogens with one attached hydrogen (secondary N) is 2. The maximum Gasteiger partial charge on any atom is 0.191 e.